The van der Waals surface area contributed by atoms with E-state index in [-0.39, 0.29) is 5.97 Å². The van der Waals surface area contributed by atoms with E-state index in [1.807, 2.05) is 0 Å². The largest absolute Gasteiger partial charge is 0.469 e. The van der Waals surface area contributed by atoms with E-state index in [1.165, 1.54) is 64.9 Å². The summed E-state index contributed by atoms with van der Waals surface area (Å²) < 4.78 is 4.66. The van der Waals surface area contributed by atoms with Crippen molar-refractivity contribution in [2.24, 2.45) is 11.8 Å². The third kappa shape index (κ3) is 10.3. The molecule has 0 aliphatic heterocycles. The van der Waals surface area contributed by atoms with Crippen LogP contribution < -0.4 is 0 Å². The summed E-state index contributed by atoms with van der Waals surface area (Å²) >= 11 is 0. The smallest absolute Gasteiger partial charge is 0.305 e. The second-order valence-corrected chi connectivity index (χ2v) is 8.16. The van der Waals surface area contributed by atoms with Crippen LogP contribution in [0.1, 0.15) is 116 Å². The summed E-state index contributed by atoms with van der Waals surface area (Å²) in [4.78, 5) is 23.3. The van der Waals surface area contributed by atoms with Crippen LogP contribution in [0.15, 0.2) is 0 Å². The molecule has 0 aromatic rings. The molecule has 152 valence electrons. The Morgan fingerprint density at radius 3 is 2.12 bits per heavy atom. The number of carbonyl (C=O) groups excluding carboxylic acids is 2. The Kier molecular flexibility index (Phi) is 13.6. The number of rotatable bonds is 16. The van der Waals surface area contributed by atoms with Crippen molar-refractivity contribution in [3.05, 3.63) is 0 Å². The van der Waals surface area contributed by atoms with Gasteiger partial charge in [0.15, 0.2) is 0 Å². The molecule has 0 spiro atoms. The van der Waals surface area contributed by atoms with Crippen molar-refractivity contribution in [3.63, 3.8) is 0 Å². The molecule has 0 aromatic heterocycles. The first-order valence-electron chi connectivity index (χ1n) is 11.3. The van der Waals surface area contributed by atoms with Crippen molar-refractivity contribution in [3.8, 4) is 0 Å². The SMILES string of the molecule is CCCCCCCCCC[C@H]1CCC(=O)[C@@H]1CCCCCCC(=O)OC. The van der Waals surface area contributed by atoms with Gasteiger partial charge in [0.1, 0.15) is 5.78 Å². The fourth-order valence-corrected chi connectivity index (χ4v) is 4.35. The Labute approximate surface area is 161 Å². The molecular weight excluding hydrogens is 324 g/mol. The zero-order valence-corrected chi connectivity index (χ0v) is 17.4. The average Bonchev–Trinajstić information content (AvgIpc) is 2.99. The fourth-order valence-electron chi connectivity index (χ4n) is 4.35. The lowest BCUT2D eigenvalue weighted by atomic mass is 9.86. The molecule has 0 saturated heterocycles. The summed E-state index contributed by atoms with van der Waals surface area (Å²) in [5.74, 6) is 1.39. The highest BCUT2D eigenvalue weighted by Crippen LogP contribution is 2.36. The Morgan fingerprint density at radius 2 is 1.46 bits per heavy atom. The Balaban J connectivity index is 2.06. The van der Waals surface area contributed by atoms with E-state index in [2.05, 4.69) is 11.7 Å². The minimum absolute atomic E-state index is 0.110. The summed E-state index contributed by atoms with van der Waals surface area (Å²) in [6.07, 6.45) is 19.9. The summed E-state index contributed by atoms with van der Waals surface area (Å²) in [5.41, 5.74) is 0. The van der Waals surface area contributed by atoms with E-state index in [1.54, 1.807) is 0 Å². The van der Waals surface area contributed by atoms with Gasteiger partial charge in [0.05, 0.1) is 7.11 Å². The third-order valence-corrected chi connectivity index (χ3v) is 6.05. The molecule has 3 nitrogen and oxygen atoms in total. The highest BCUT2D eigenvalue weighted by atomic mass is 16.5. The van der Waals surface area contributed by atoms with Crippen LogP contribution in [0, 0.1) is 11.8 Å². The van der Waals surface area contributed by atoms with Gasteiger partial charge in [-0.3, -0.25) is 9.59 Å². The molecule has 0 amide bonds. The minimum atomic E-state index is -0.110. The molecule has 0 heterocycles. The number of carbonyl (C=O) groups is 2. The van der Waals surface area contributed by atoms with Gasteiger partial charge in [-0.05, 0) is 31.6 Å². The van der Waals surface area contributed by atoms with Gasteiger partial charge < -0.3 is 4.74 Å². The third-order valence-electron chi connectivity index (χ3n) is 6.05. The number of hydrogen-bond acceptors (Lipinski definition) is 3. The molecule has 1 saturated carbocycles. The van der Waals surface area contributed by atoms with Gasteiger partial charge in [-0.25, -0.2) is 0 Å². The van der Waals surface area contributed by atoms with Crippen LogP contribution in [0.4, 0.5) is 0 Å². The lowest BCUT2D eigenvalue weighted by molar-refractivity contribution is -0.140. The number of esters is 1. The lowest BCUT2D eigenvalue weighted by Gasteiger charge is -2.18. The zero-order chi connectivity index (χ0) is 19.0. The maximum Gasteiger partial charge on any atom is 0.305 e. The van der Waals surface area contributed by atoms with Crippen LogP contribution in [-0.2, 0) is 14.3 Å². The van der Waals surface area contributed by atoms with E-state index in [9.17, 15) is 9.59 Å². The van der Waals surface area contributed by atoms with E-state index in [0.29, 0.717) is 24.0 Å². The van der Waals surface area contributed by atoms with Crippen molar-refractivity contribution in [2.45, 2.75) is 116 Å². The van der Waals surface area contributed by atoms with Gasteiger partial charge in [0.2, 0.25) is 0 Å². The number of Topliss-reactive ketones (excluding diaryl/α,β-unsaturated/α-hetero) is 1. The van der Waals surface area contributed by atoms with E-state index in [4.69, 9.17) is 0 Å². The minimum Gasteiger partial charge on any atom is -0.469 e. The molecular formula is C23H42O3. The van der Waals surface area contributed by atoms with Crippen molar-refractivity contribution in [2.75, 3.05) is 7.11 Å². The van der Waals surface area contributed by atoms with Crippen LogP contribution in [0.25, 0.3) is 0 Å². The molecule has 0 bridgehead atoms. The first kappa shape index (κ1) is 23.2. The number of methoxy groups -OCH3 is 1. The molecule has 2 atom stereocenters. The summed E-state index contributed by atoms with van der Waals surface area (Å²) in [7, 11) is 1.45. The maximum atomic E-state index is 12.2. The molecule has 1 aliphatic carbocycles. The molecule has 1 fully saturated rings. The number of ether oxygens (including phenoxy) is 1. The van der Waals surface area contributed by atoms with Crippen LogP contribution in [-0.4, -0.2) is 18.9 Å². The van der Waals surface area contributed by atoms with Crippen molar-refractivity contribution >= 4 is 11.8 Å². The Bertz CT molecular complexity index is 378. The number of hydrogen-bond donors (Lipinski definition) is 0. The topological polar surface area (TPSA) is 43.4 Å². The Morgan fingerprint density at radius 1 is 0.885 bits per heavy atom. The Hall–Kier alpha value is -0.860. The highest BCUT2D eigenvalue weighted by molar-refractivity contribution is 5.83. The normalized spacial score (nSPS) is 19.8. The van der Waals surface area contributed by atoms with Gasteiger partial charge in [-0.15, -0.1) is 0 Å². The monoisotopic (exact) mass is 366 g/mol. The molecule has 3 heteroatoms. The molecule has 0 N–H and O–H groups in total. The number of unbranched alkanes of at least 4 members (excludes halogenated alkanes) is 10. The standard InChI is InChI=1S/C23H42O3/c1-3-4-5-6-7-8-9-12-15-20-18-19-22(24)21(20)16-13-10-11-14-17-23(25)26-2/h20-21H,3-19H2,1-2H3/t20-,21+/m0/s1. The van der Waals surface area contributed by atoms with Crippen molar-refractivity contribution < 1.29 is 14.3 Å². The predicted molar refractivity (Wildman–Crippen MR) is 108 cm³/mol. The molecule has 26 heavy (non-hydrogen) atoms. The summed E-state index contributed by atoms with van der Waals surface area (Å²) in [5, 5.41) is 0. The van der Waals surface area contributed by atoms with Crippen LogP contribution in [0.5, 0.6) is 0 Å². The van der Waals surface area contributed by atoms with Crippen LogP contribution >= 0.6 is 0 Å². The molecule has 0 aromatic carbocycles. The molecule has 0 unspecified atom stereocenters. The maximum absolute atomic E-state index is 12.2. The van der Waals surface area contributed by atoms with Crippen molar-refractivity contribution in [1.82, 2.24) is 0 Å². The van der Waals surface area contributed by atoms with E-state index in [0.717, 1.165) is 44.9 Å². The molecule has 1 rings (SSSR count). The quantitative estimate of drug-likeness (QED) is 0.227. The van der Waals surface area contributed by atoms with E-state index >= 15 is 0 Å². The first-order valence-corrected chi connectivity index (χ1v) is 11.3. The second-order valence-electron chi connectivity index (χ2n) is 8.16. The first-order chi connectivity index (χ1) is 12.7. The summed E-state index contributed by atoms with van der Waals surface area (Å²) in [6, 6.07) is 0. The molecule has 0 radical (unpaired) electrons. The van der Waals surface area contributed by atoms with Crippen LogP contribution in [0.2, 0.25) is 0 Å². The zero-order valence-electron chi connectivity index (χ0n) is 17.4. The second kappa shape index (κ2) is 15.2. The van der Waals surface area contributed by atoms with Gasteiger partial charge in [0, 0.05) is 18.8 Å². The van der Waals surface area contributed by atoms with Gasteiger partial charge in [0.25, 0.3) is 0 Å². The fraction of sp³-hybridized carbons (Fsp3) is 0.913. The van der Waals surface area contributed by atoms with Crippen molar-refractivity contribution in [1.29, 1.82) is 0 Å². The van der Waals surface area contributed by atoms with Gasteiger partial charge in [-0.2, -0.15) is 0 Å². The summed E-state index contributed by atoms with van der Waals surface area (Å²) in [6.45, 7) is 2.27. The molecule has 1 aliphatic rings. The lowest BCUT2D eigenvalue weighted by Crippen LogP contribution is -2.15. The van der Waals surface area contributed by atoms with Crippen LogP contribution in [0.3, 0.4) is 0 Å². The van der Waals surface area contributed by atoms with Gasteiger partial charge in [-0.1, -0.05) is 77.6 Å². The highest BCUT2D eigenvalue weighted by Gasteiger charge is 2.33. The average molecular weight is 367 g/mol. The van der Waals surface area contributed by atoms with E-state index < -0.39 is 0 Å². The number of ketones is 1. The van der Waals surface area contributed by atoms with Gasteiger partial charge >= 0.3 is 5.97 Å². The predicted octanol–water partition coefficient (Wildman–Crippen LogP) is 6.63.